The smallest absolute Gasteiger partial charge is 0.287 e. The first-order chi connectivity index (χ1) is 18.1. The van der Waals surface area contributed by atoms with Crippen LogP contribution >= 0.6 is 0 Å². The predicted molar refractivity (Wildman–Crippen MR) is 137 cm³/mol. The third-order valence-corrected chi connectivity index (χ3v) is 6.78. The number of rotatable bonds is 10. The van der Waals surface area contributed by atoms with E-state index in [1.165, 1.54) is 6.07 Å². The second-order valence-electron chi connectivity index (χ2n) is 8.98. The first-order valence-electron chi connectivity index (χ1n) is 12.0. The largest absolute Gasteiger partial charge is 0.497 e. The second-order valence-corrected chi connectivity index (χ2v) is 10.8. The van der Waals surface area contributed by atoms with Gasteiger partial charge in [-0.3, -0.25) is 9.59 Å². The fourth-order valence-electron chi connectivity index (χ4n) is 4.20. The van der Waals surface area contributed by atoms with Gasteiger partial charge in [-0.05, 0) is 42.7 Å². The topological polar surface area (TPSA) is 149 Å². The SMILES string of the molecule is COc1cccc(CNC(=O)c2nc3ccc(F)c(OCCC4CCC(NS(C)(=O)=O)CO4)c3c(=O)[nH]2)c1. The Kier molecular flexibility index (Phi) is 8.59. The Hall–Kier alpha value is -3.55. The van der Waals surface area contributed by atoms with Crippen molar-refractivity contribution in [2.75, 3.05) is 26.6 Å². The number of carbonyl (C=O) groups excluding carboxylic acids is 1. The van der Waals surface area contributed by atoms with E-state index in [4.69, 9.17) is 14.2 Å². The van der Waals surface area contributed by atoms with Crippen molar-refractivity contribution in [3.8, 4) is 11.5 Å². The molecule has 2 unspecified atom stereocenters. The first kappa shape index (κ1) is 27.5. The highest BCUT2D eigenvalue weighted by Gasteiger charge is 2.24. The Balaban J connectivity index is 1.39. The lowest BCUT2D eigenvalue weighted by Crippen LogP contribution is -2.42. The van der Waals surface area contributed by atoms with Gasteiger partial charge in [-0.1, -0.05) is 12.1 Å². The van der Waals surface area contributed by atoms with Gasteiger partial charge in [0.1, 0.15) is 11.1 Å². The summed E-state index contributed by atoms with van der Waals surface area (Å²) >= 11 is 0. The van der Waals surface area contributed by atoms with E-state index in [1.54, 1.807) is 25.3 Å². The minimum Gasteiger partial charge on any atom is -0.497 e. The van der Waals surface area contributed by atoms with E-state index in [0.29, 0.717) is 25.0 Å². The van der Waals surface area contributed by atoms with Crippen LogP contribution in [-0.4, -0.2) is 63.0 Å². The number of amides is 1. The number of aromatic amines is 1. The van der Waals surface area contributed by atoms with Crippen molar-refractivity contribution in [2.45, 2.75) is 38.0 Å². The van der Waals surface area contributed by atoms with E-state index in [-0.39, 0.29) is 54.4 Å². The molecule has 1 amide bonds. The number of sulfonamides is 1. The molecule has 1 saturated heterocycles. The Bertz CT molecular complexity index is 1470. The van der Waals surface area contributed by atoms with Gasteiger partial charge in [-0.15, -0.1) is 0 Å². The summed E-state index contributed by atoms with van der Waals surface area (Å²) in [6, 6.07) is 9.31. The number of hydrogen-bond donors (Lipinski definition) is 3. The number of carbonyl (C=O) groups is 1. The van der Waals surface area contributed by atoms with E-state index in [9.17, 15) is 22.4 Å². The minimum atomic E-state index is -3.32. The predicted octanol–water partition coefficient (Wildman–Crippen LogP) is 1.87. The van der Waals surface area contributed by atoms with Gasteiger partial charge in [0.05, 0.1) is 38.2 Å². The highest BCUT2D eigenvalue weighted by molar-refractivity contribution is 7.88. The van der Waals surface area contributed by atoms with Crippen molar-refractivity contribution >= 4 is 26.8 Å². The summed E-state index contributed by atoms with van der Waals surface area (Å²) in [5.74, 6) is -1.16. The van der Waals surface area contributed by atoms with E-state index in [1.807, 2.05) is 6.07 Å². The molecule has 38 heavy (non-hydrogen) atoms. The minimum absolute atomic E-state index is 0.0626. The molecule has 204 valence electrons. The normalized spacial score (nSPS) is 17.8. The van der Waals surface area contributed by atoms with Crippen molar-refractivity contribution in [2.24, 2.45) is 0 Å². The number of H-pyrrole nitrogens is 1. The highest BCUT2D eigenvalue weighted by atomic mass is 32.2. The second kappa shape index (κ2) is 11.9. The van der Waals surface area contributed by atoms with Gasteiger partial charge in [-0.2, -0.15) is 0 Å². The summed E-state index contributed by atoms with van der Waals surface area (Å²) in [6.45, 7) is 0.476. The van der Waals surface area contributed by atoms with E-state index < -0.39 is 27.3 Å². The van der Waals surface area contributed by atoms with Gasteiger partial charge in [0.15, 0.2) is 17.4 Å². The number of benzene rings is 2. The number of methoxy groups -OCH3 is 1. The average Bonchev–Trinajstić information content (AvgIpc) is 2.88. The number of nitrogens with one attached hydrogen (secondary N) is 3. The number of ether oxygens (including phenoxy) is 3. The van der Waals surface area contributed by atoms with Crippen LogP contribution in [0.15, 0.2) is 41.2 Å². The van der Waals surface area contributed by atoms with Gasteiger partial charge < -0.3 is 24.5 Å². The van der Waals surface area contributed by atoms with Gasteiger partial charge in [0.2, 0.25) is 10.0 Å². The highest BCUT2D eigenvalue weighted by Crippen LogP contribution is 2.26. The van der Waals surface area contributed by atoms with Crippen molar-refractivity contribution in [1.29, 1.82) is 0 Å². The number of hydrogen-bond acceptors (Lipinski definition) is 8. The summed E-state index contributed by atoms with van der Waals surface area (Å²) in [5.41, 5.74) is 0.197. The van der Waals surface area contributed by atoms with Crippen LogP contribution in [0.5, 0.6) is 11.5 Å². The molecular formula is C25H29FN4O7S. The fourth-order valence-corrected chi connectivity index (χ4v) is 4.99. The summed E-state index contributed by atoms with van der Waals surface area (Å²) in [7, 11) is -1.77. The van der Waals surface area contributed by atoms with Gasteiger partial charge in [-0.25, -0.2) is 22.5 Å². The van der Waals surface area contributed by atoms with Crippen LogP contribution in [0.2, 0.25) is 0 Å². The molecule has 1 aliphatic rings. The zero-order chi connectivity index (χ0) is 27.3. The molecule has 11 nitrogen and oxygen atoms in total. The Morgan fingerprint density at radius 3 is 2.79 bits per heavy atom. The lowest BCUT2D eigenvalue weighted by Gasteiger charge is -2.29. The lowest BCUT2D eigenvalue weighted by atomic mass is 10.0. The number of fused-ring (bicyclic) bond motifs is 1. The molecule has 0 bridgehead atoms. The molecule has 3 aromatic rings. The van der Waals surface area contributed by atoms with Crippen LogP contribution in [-0.2, 0) is 21.3 Å². The molecule has 3 N–H and O–H groups in total. The van der Waals surface area contributed by atoms with Gasteiger partial charge in [0, 0.05) is 19.0 Å². The van der Waals surface area contributed by atoms with Gasteiger partial charge in [0.25, 0.3) is 11.5 Å². The maximum absolute atomic E-state index is 14.6. The molecule has 0 spiro atoms. The van der Waals surface area contributed by atoms with Crippen LogP contribution in [0.1, 0.15) is 35.4 Å². The average molecular weight is 549 g/mol. The maximum Gasteiger partial charge on any atom is 0.287 e. The molecule has 2 atom stereocenters. The molecule has 1 fully saturated rings. The molecule has 1 aliphatic heterocycles. The number of aromatic nitrogens is 2. The quantitative estimate of drug-likeness (QED) is 0.348. The van der Waals surface area contributed by atoms with Crippen LogP contribution in [0, 0.1) is 5.82 Å². The summed E-state index contributed by atoms with van der Waals surface area (Å²) in [6.07, 6.45) is 2.52. The lowest BCUT2D eigenvalue weighted by molar-refractivity contribution is -0.00878. The third kappa shape index (κ3) is 7.05. The van der Waals surface area contributed by atoms with Crippen LogP contribution in [0.4, 0.5) is 4.39 Å². The summed E-state index contributed by atoms with van der Waals surface area (Å²) in [4.78, 5) is 32.1. The number of halogens is 1. The third-order valence-electron chi connectivity index (χ3n) is 6.02. The molecule has 2 aromatic carbocycles. The molecule has 4 rings (SSSR count). The van der Waals surface area contributed by atoms with Crippen molar-refractivity contribution < 1.29 is 31.8 Å². The molecule has 0 aliphatic carbocycles. The number of nitrogens with zero attached hydrogens (tertiary/aromatic N) is 1. The Morgan fingerprint density at radius 1 is 1.26 bits per heavy atom. The Morgan fingerprint density at radius 2 is 2.08 bits per heavy atom. The Labute approximate surface area is 218 Å². The van der Waals surface area contributed by atoms with Crippen molar-refractivity contribution in [3.05, 3.63) is 64.0 Å². The van der Waals surface area contributed by atoms with E-state index >= 15 is 0 Å². The van der Waals surface area contributed by atoms with Crippen LogP contribution < -0.4 is 25.1 Å². The van der Waals surface area contributed by atoms with E-state index in [0.717, 1.165) is 17.9 Å². The zero-order valence-electron chi connectivity index (χ0n) is 21.0. The van der Waals surface area contributed by atoms with Crippen LogP contribution in [0.25, 0.3) is 10.9 Å². The molecule has 0 saturated carbocycles. The summed E-state index contributed by atoms with van der Waals surface area (Å²) < 4.78 is 56.4. The van der Waals surface area contributed by atoms with Crippen molar-refractivity contribution in [3.63, 3.8) is 0 Å². The monoisotopic (exact) mass is 548 g/mol. The first-order valence-corrected chi connectivity index (χ1v) is 13.9. The van der Waals surface area contributed by atoms with Crippen molar-refractivity contribution in [1.82, 2.24) is 20.0 Å². The van der Waals surface area contributed by atoms with Crippen LogP contribution in [0.3, 0.4) is 0 Å². The molecule has 0 radical (unpaired) electrons. The molecule has 2 heterocycles. The fraction of sp³-hybridized carbons (Fsp3) is 0.400. The standard InChI is InChI=1S/C25H29FN4O7S/c1-35-18-5-3-4-15(12-18)13-27-25(32)23-28-20-9-8-19(26)22(21(20)24(31)29-23)36-11-10-17-7-6-16(14-37-17)30-38(2,33)34/h3-5,8-9,12,16-17,30H,6-7,10-11,13-14H2,1-2H3,(H,27,32)(H,28,29,31). The zero-order valence-corrected chi connectivity index (χ0v) is 21.8. The summed E-state index contributed by atoms with van der Waals surface area (Å²) in [5, 5.41) is 2.59. The molecular weight excluding hydrogens is 519 g/mol. The molecule has 1 aromatic heterocycles. The van der Waals surface area contributed by atoms with E-state index in [2.05, 4.69) is 20.0 Å². The van der Waals surface area contributed by atoms with Gasteiger partial charge >= 0.3 is 0 Å². The maximum atomic E-state index is 14.6. The molecule has 13 heteroatoms.